The van der Waals surface area contributed by atoms with Crippen LogP contribution in [0.1, 0.15) is 37.8 Å². The van der Waals surface area contributed by atoms with E-state index in [4.69, 9.17) is 33.2 Å². The lowest BCUT2D eigenvalue weighted by Gasteiger charge is -2.44. The lowest BCUT2D eigenvalue weighted by atomic mass is 10.00. The van der Waals surface area contributed by atoms with Crippen molar-refractivity contribution >= 4 is 0 Å². The summed E-state index contributed by atoms with van der Waals surface area (Å²) in [6.45, 7) is 4.67. The summed E-state index contributed by atoms with van der Waals surface area (Å²) in [5.74, 6) is 1.43. The van der Waals surface area contributed by atoms with Crippen molar-refractivity contribution in [2.45, 2.75) is 89.1 Å². The molecule has 1 N–H and O–H groups in total. The van der Waals surface area contributed by atoms with E-state index in [1.807, 2.05) is 98.8 Å². The van der Waals surface area contributed by atoms with E-state index in [1.165, 1.54) is 0 Å². The van der Waals surface area contributed by atoms with Gasteiger partial charge in [0.25, 0.3) is 0 Å². The Kier molecular flexibility index (Phi) is 10.3. The largest absolute Gasteiger partial charge is 0.497 e. The number of aliphatic hydroxyl groups excluding tert-OH is 1. The highest BCUT2D eigenvalue weighted by molar-refractivity contribution is 5.31. The molecule has 8 nitrogen and oxygen atoms in total. The summed E-state index contributed by atoms with van der Waals surface area (Å²) in [5, 5.41) is 11.0. The maximum Gasteiger partial charge on any atom is 0.202 e. The molecule has 8 atom stereocenters. The average molecular weight is 565 g/mol. The second kappa shape index (κ2) is 14.3. The van der Waals surface area contributed by atoms with Gasteiger partial charge in [-0.25, -0.2) is 0 Å². The van der Waals surface area contributed by atoms with E-state index in [0.717, 1.165) is 16.9 Å². The molecule has 5 rings (SSSR count). The first-order valence-corrected chi connectivity index (χ1v) is 14.2. The Hall–Kier alpha value is -2.98. The molecule has 0 amide bonds. The molecule has 0 aromatic heterocycles. The summed E-state index contributed by atoms with van der Waals surface area (Å²) >= 11 is 0. The van der Waals surface area contributed by atoms with Crippen LogP contribution in [0.15, 0.2) is 84.9 Å². The number of methoxy groups -OCH3 is 1. The van der Waals surface area contributed by atoms with E-state index in [0.29, 0.717) is 25.4 Å². The van der Waals surface area contributed by atoms with Gasteiger partial charge in [-0.15, -0.1) is 0 Å². The van der Waals surface area contributed by atoms with Gasteiger partial charge in [0.05, 0.1) is 44.7 Å². The molecule has 0 bridgehead atoms. The first-order chi connectivity index (χ1) is 20.0. The van der Waals surface area contributed by atoms with Crippen molar-refractivity contribution in [3.63, 3.8) is 0 Å². The van der Waals surface area contributed by atoms with Crippen molar-refractivity contribution < 1.29 is 38.3 Å². The SMILES string of the molecule is COc1ccc(O[C@@H]2C[C@@H](OCc3ccccc3)[C@H](O[C@H]3C[C@@H](O)[C@H](OCc4ccccc4)[C@@H](C)O3)[C@@H](C)O2)cc1. The minimum Gasteiger partial charge on any atom is -0.497 e. The van der Waals surface area contributed by atoms with Crippen LogP contribution in [0.2, 0.25) is 0 Å². The third-order valence-corrected chi connectivity index (χ3v) is 7.49. The fraction of sp³-hybridized carbons (Fsp3) is 0.455. The Morgan fingerprint density at radius 3 is 1.85 bits per heavy atom. The number of hydrogen-bond donors (Lipinski definition) is 1. The number of benzene rings is 3. The highest BCUT2D eigenvalue weighted by Gasteiger charge is 2.44. The molecule has 3 aromatic rings. The molecule has 2 aliphatic heterocycles. The van der Waals surface area contributed by atoms with E-state index in [9.17, 15) is 5.11 Å². The van der Waals surface area contributed by atoms with E-state index in [2.05, 4.69) is 0 Å². The Balaban J connectivity index is 1.22. The van der Waals surface area contributed by atoms with Crippen molar-refractivity contribution in [2.24, 2.45) is 0 Å². The highest BCUT2D eigenvalue weighted by atomic mass is 16.7. The van der Waals surface area contributed by atoms with Crippen molar-refractivity contribution in [3.8, 4) is 11.5 Å². The van der Waals surface area contributed by atoms with Crippen molar-refractivity contribution in [2.75, 3.05) is 7.11 Å². The summed E-state index contributed by atoms with van der Waals surface area (Å²) in [5.41, 5.74) is 2.11. The third-order valence-electron chi connectivity index (χ3n) is 7.49. The van der Waals surface area contributed by atoms with Gasteiger partial charge >= 0.3 is 0 Å². The van der Waals surface area contributed by atoms with Crippen LogP contribution in [-0.2, 0) is 36.9 Å². The molecule has 8 heteroatoms. The molecule has 0 spiro atoms. The Labute approximate surface area is 242 Å². The molecule has 2 saturated heterocycles. The highest BCUT2D eigenvalue weighted by Crippen LogP contribution is 2.32. The molecule has 2 heterocycles. The second-order valence-electron chi connectivity index (χ2n) is 10.6. The third kappa shape index (κ3) is 8.07. The zero-order chi connectivity index (χ0) is 28.6. The first-order valence-electron chi connectivity index (χ1n) is 14.2. The first kappa shape index (κ1) is 29.5. The molecule has 0 aliphatic carbocycles. The number of hydrogen-bond acceptors (Lipinski definition) is 8. The van der Waals surface area contributed by atoms with E-state index >= 15 is 0 Å². The lowest BCUT2D eigenvalue weighted by Crippen LogP contribution is -2.55. The maximum atomic E-state index is 11.0. The molecular formula is C33H40O8. The van der Waals surface area contributed by atoms with Gasteiger partial charge in [0.2, 0.25) is 6.29 Å². The molecule has 3 aromatic carbocycles. The smallest absolute Gasteiger partial charge is 0.202 e. The van der Waals surface area contributed by atoms with Crippen molar-refractivity contribution in [1.29, 1.82) is 0 Å². The van der Waals surface area contributed by atoms with Gasteiger partial charge in [0, 0.05) is 12.8 Å². The maximum absolute atomic E-state index is 11.0. The molecule has 41 heavy (non-hydrogen) atoms. The van der Waals surface area contributed by atoms with Gasteiger partial charge < -0.3 is 38.3 Å². The van der Waals surface area contributed by atoms with Crippen LogP contribution >= 0.6 is 0 Å². The molecule has 0 radical (unpaired) electrons. The van der Waals surface area contributed by atoms with Crippen LogP contribution in [0.25, 0.3) is 0 Å². The van der Waals surface area contributed by atoms with Gasteiger partial charge in [-0.1, -0.05) is 60.7 Å². The van der Waals surface area contributed by atoms with E-state index < -0.39 is 30.9 Å². The van der Waals surface area contributed by atoms with E-state index in [1.54, 1.807) is 7.11 Å². The molecular weight excluding hydrogens is 524 g/mol. The molecule has 2 fully saturated rings. The summed E-state index contributed by atoms with van der Waals surface area (Å²) in [4.78, 5) is 0. The van der Waals surface area contributed by atoms with Crippen LogP contribution in [-0.4, -0.2) is 61.4 Å². The lowest BCUT2D eigenvalue weighted by molar-refractivity contribution is -0.312. The normalized spacial score (nSPS) is 30.0. The summed E-state index contributed by atoms with van der Waals surface area (Å²) in [7, 11) is 1.63. The standard InChI is InChI=1S/C33H40O8/c1-22-32(37-21-25-12-8-5-9-13-25)28(34)18-30(38-22)41-33-23(2)39-31(40-27-16-14-26(35-3)15-17-27)19-29(33)36-20-24-10-6-4-7-11-24/h4-17,22-23,28-34H,18-21H2,1-3H3/t22-,23-,28-,29-,30+,31-,32-,33-/m1/s1. The van der Waals surface area contributed by atoms with Crippen LogP contribution in [0, 0.1) is 0 Å². The summed E-state index contributed by atoms with van der Waals surface area (Å²) in [6.07, 6.45) is -3.07. The predicted octanol–water partition coefficient (Wildman–Crippen LogP) is 5.26. The Morgan fingerprint density at radius 2 is 1.24 bits per heavy atom. The number of rotatable bonds is 11. The number of aliphatic hydroxyl groups is 1. The fourth-order valence-corrected chi connectivity index (χ4v) is 5.31. The van der Waals surface area contributed by atoms with Gasteiger partial charge in [-0.2, -0.15) is 0 Å². The van der Waals surface area contributed by atoms with Gasteiger partial charge in [0.1, 0.15) is 23.7 Å². The quantitative estimate of drug-likeness (QED) is 0.338. The zero-order valence-electron chi connectivity index (χ0n) is 23.8. The van der Waals surface area contributed by atoms with Gasteiger partial charge in [-0.05, 0) is 49.2 Å². The van der Waals surface area contributed by atoms with E-state index in [-0.39, 0.29) is 24.7 Å². The molecule has 0 saturated carbocycles. The summed E-state index contributed by atoms with van der Waals surface area (Å²) < 4.78 is 42.8. The predicted molar refractivity (Wildman–Crippen MR) is 152 cm³/mol. The number of ether oxygens (including phenoxy) is 7. The van der Waals surface area contributed by atoms with Crippen LogP contribution in [0.5, 0.6) is 11.5 Å². The topological polar surface area (TPSA) is 84.8 Å². The summed E-state index contributed by atoms with van der Waals surface area (Å²) in [6, 6.07) is 27.3. The minimum absolute atomic E-state index is 0.282. The molecule has 220 valence electrons. The minimum atomic E-state index is -0.734. The van der Waals surface area contributed by atoms with Crippen molar-refractivity contribution in [1.82, 2.24) is 0 Å². The second-order valence-corrected chi connectivity index (χ2v) is 10.6. The van der Waals surface area contributed by atoms with Crippen molar-refractivity contribution in [3.05, 3.63) is 96.1 Å². The Bertz CT molecular complexity index is 1160. The zero-order valence-corrected chi connectivity index (χ0v) is 23.8. The van der Waals surface area contributed by atoms with Crippen LogP contribution in [0.3, 0.4) is 0 Å². The van der Waals surface area contributed by atoms with Crippen LogP contribution in [0.4, 0.5) is 0 Å². The molecule has 2 aliphatic rings. The molecule has 0 unspecified atom stereocenters. The van der Waals surface area contributed by atoms with Gasteiger partial charge in [0.15, 0.2) is 6.29 Å². The fourth-order valence-electron chi connectivity index (χ4n) is 5.31. The average Bonchev–Trinajstić information content (AvgIpc) is 2.98. The van der Waals surface area contributed by atoms with Gasteiger partial charge in [-0.3, -0.25) is 0 Å². The van der Waals surface area contributed by atoms with Crippen LogP contribution < -0.4 is 9.47 Å². The Morgan fingerprint density at radius 1 is 0.683 bits per heavy atom. The monoisotopic (exact) mass is 564 g/mol.